The van der Waals surface area contributed by atoms with Crippen molar-refractivity contribution in [3.05, 3.63) is 65.1 Å². The molecule has 3 aromatic rings. The van der Waals surface area contributed by atoms with Gasteiger partial charge in [0, 0.05) is 55.4 Å². The molecular formula is C27H35N9O2. The average molecular weight is 518 g/mol. The molecule has 0 aliphatic carbocycles. The van der Waals surface area contributed by atoms with Gasteiger partial charge in [-0.25, -0.2) is 14.3 Å². The third kappa shape index (κ3) is 5.83. The summed E-state index contributed by atoms with van der Waals surface area (Å²) in [5.41, 5.74) is 2.23. The Morgan fingerprint density at radius 2 is 1.87 bits per heavy atom. The second-order valence-electron chi connectivity index (χ2n) is 9.72. The van der Waals surface area contributed by atoms with Gasteiger partial charge < -0.3 is 20.4 Å². The Hall–Kier alpha value is -4.25. The van der Waals surface area contributed by atoms with Crippen molar-refractivity contribution in [1.29, 1.82) is 5.41 Å². The van der Waals surface area contributed by atoms with Crippen molar-refractivity contribution in [3.63, 3.8) is 0 Å². The second kappa shape index (κ2) is 11.4. The van der Waals surface area contributed by atoms with Gasteiger partial charge in [0.05, 0.1) is 6.54 Å². The minimum Gasteiger partial charge on any atom is -0.369 e. The summed E-state index contributed by atoms with van der Waals surface area (Å²) in [6.45, 7) is 13.3. The summed E-state index contributed by atoms with van der Waals surface area (Å²) in [6.07, 6.45) is 4.44. The van der Waals surface area contributed by atoms with Crippen molar-refractivity contribution in [1.82, 2.24) is 29.5 Å². The van der Waals surface area contributed by atoms with Gasteiger partial charge in [-0.05, 0) is 58.2 Å². The number of hydrogen-bond acceptors (Lipinski definition) is 8. The summed E-state index contributed by atoms with van der Waals surface area (Å²) in [6, 6.07) is 8.03. The summed E-state index contributed by atoms with van der Waals surface area (Å²) in [5, 5.41) is 15.0. The zero-order chi connectivity index (χ0) is 27.4. The van der Waals surface area contributed by atoms with Crippen LogP contribution in [0, 0.1) is 5.41 Å². The van der Waals surface area contributed by atoms with Gasteiger partial charge in [0.25, 0.3) is 5.56 Å². The zero-order valence-corrected chi connectivity index (χ0v) is 22.4. The molecule has 0 unspecified atom stereocenters. The van der Waals surface area contributed by atoms with Crippen LogP contribution >= 0.6 is 0 Å². The van der Waals surface area contributed by atoms with E-state index in [1.807, 2.05) is 26.0 Å². The quantitative estimate of drug-likeness (QED) is 0.182. The van der Waals surface area contributed by atoms with Crippen molar-refractivity contribution in [3.8, 4) is 0 Å². The number of allylic oxidation sites excluding steroid dienone is 2. The molecule has 0 saturated carbocycles. The van der Waals surface area contributed by atoms with Gasteiger partial charge >= 0.3 is 0 Å². The van der Waals surface area contributed by atoms with Crippen molar-refractivity contribution in [2.75, 3.05) is 43.4 Å². The second-order valence-corrected chi connectivity index (χ2v) is 9.72. The van der Waals surface area contributed by atoms with Crippen LogP contribution in [0.5, 0.6) is 0 Å². The van der Waals surface area contributed by atoms with Gasteiger partial charge in [-0.3, -0.25) is 15.0 Å². The molecule has 1 aliphatic heterocycles. The number of piperazine rings is 1. The number of amides is 1. The first kappa shape index (κ1) is 26.8. The molecule has 2 aromatic heterocycles. The van der Waals surface area contributed by atoms with Gasteiger partial charge in [-0.2, -0.15) is 4.98 Å². The fourth-order valence-electron chi connectivity index (χ4n) is 4.28. The highest BCUT2D eigenvalue weighted by molar-refractivity contribution is 6.04. The van der Waals surface area contributed by atoms with Gasteiger partial charge in [0.1, 0.15) is 11.2 Å². The number of benzene rings is 1. The number of hydrogen-bond donors (Lipinski definition) is 3. The van der Waals surface area contributed by atoms with Crippen LogP contribution in [0.1, 0.15) is 20.8 Å². The van der Waals surface area contributed by atoms with Gasteiger partial charge in [-0.15, -0.1) is 6.58 Å². The molecule has 38 heavy (non-hydrogen) atoms. The van der Waals surface area contributed by atoms with Crippen LogP contribution in [0.25, 0.3) is 11.0 Å². The lowest BCUT2D eigenvalue weighted by molar-refractivity contribution is -0.117. The lowest BCUT2D eigenvalue weighted by atomic mass is 10.2. The van der Waals surface area contributed by atoms with Crippen LogP contribution in [0.3, 0.4) is 0 Å². The Morgan fingerprint density at radius 1 is 1.18 bits per heavy atom. The predicted octanol–water partition coefficient (Wildman–Crippen LogP) is 2.57. The first-order valence-electron chi connectivity index (χ1n) is 12.7. The van der Waals surface area contributed by atoms with Crippen LogP contribution in [0.2, 0.25) is 0 Å². The molecule has 1 aromatic carbocycles. The van der Waals surface area contributed by atoms with Crippen LogP contribution in [0.15, 0.2) is 59.6 Å². The number of nitrogens with one attached hydrogen (secondary N) is 3. The lowest BCUT2D eigenvalue weighted by Crippen LogP contribution is -2.44. The standard InChI is InChI=1S/C27H35N9O2/c1-6-11-35-26(38)22-17-29-27(31-20-7-9-21(10-8-20)34-14-12-33(5)13-15-34)32-24(22)36(35)23(28)16-19(4)25(37)30-18(2)3/h6-10,16-18,28H,1,11-15H2,2-5H3,(H,30,37)(H,29,31,32)/b19-16-,28-23?. The molecule has 11 nitrogen and oxygen atoms in total. The van der Waals surface area contributed by atoms with E-state index in [1.54, 1.807) is 13.0 Å². The van der Waals surface area contributed by atoms with Crippen LogP contribution < -0.4 is 21.1 Å². The molecule has 1 saturated heterocycles. The number of fused-ring (bicyclic) bond motifs is 1. The fraction of sp³-hybridized carbons (Fsp3) is 0.370. The highest BCUT2D eigenvalue weighted by Gasteiger charge is 2.19. The molecule has 4 rings (SSSR count). The van der Waals surface area contributed by atoms with Crippen molar-refractivity contribution < 1.29 is 4.79 Å². The number of carbonyl (C=O) groups excluding carboxylic acids is 1. The molecule has 200 valence electrons. The first-order valence-corrected chi connectivity index (χ1v) is 12.7. The zero-order valence-electron chi connectivity index (χ0n) is 22.4. The smallest absolute Gasteiger partial charge is 0.278 e. The number of anilines is 3. The van der Waals surface area contributed by atoms with Gasteiger partial charge in [0.2, 0.25) is 11.9 Å². The monoisotopic (exact) mass is 517 g/mol. The normalized spacial score (nSPS) is 14.7. The first-order chi connectivity index (χ1) is 18.2. The minimum atomic E-state index is -0.342. The summed E-state index contributed by atoms with van der Waals surface area (Å²) < 4.78 is 2.74. The molecule has 11 heteroatoms. The Bertz CT molecular complexity index is 1430. The highest BCUT2D eigenvalue weighted by atomic mass is 16.2. The molecule has 1 aliphatic rings. The Labute approximate surface area is 222 Å². The topological polar surface area (TPSA) is 124 Å². The third-order valence-corrected chi connectivity index (χ3v) is 6.33. The SMILES string of the molecule is C=CCn1c(=O)c2cnc(Nc3ccc(N4CCN(C)CC4)cc3)nc2n1C(=N)/C=C(/C)C(=O)NC(C)C. The van der Waals surface area contributed by atoms with Gasteiger partial charge in [0.15, 0.2) is 5.65 Å². The van der Waals surface area contributed by atoms with Crippen LogP contribution in [-0.2, 0) is 11.3 Å². The van der Waals surface area contributed by atoms with E-state index in [-0.39, 0.29) is 40.9 Å². The minimum absolute atomic E-state index is 0.0385. The molecular weight excluding hydrogens is 482 g/mol. The van der Waals surface area contributed by atoms with E-state index in [0.29, 0.717) is 11.5 Å². The molecule has 0 bridgehead atoms. The summed E-state index contributed by atoms with van der Waals surface area (Å²) in [5.74, 6) is -0.0623. The van der Waals surface area contributed by atoms with Crippen molar-refractivity contribution in [2.24, 2.45) is 0 Å². The molecule has 1 amide bonds. The summed E-state index contributed by atoms with van der Waals surface area (Å²) >= 11 is 0. The molecule has 1 fully saturated rings. The Morgan fingerprint density at radius 3 is 2.50 bits per heavy atom. The number of aromatic nitrogens is 4. The molecule has 0 radical (unpaired) electrons. The maximum Gasteiger partial charge on any atom is 0.278 e. The number of rotatable bonds is 8. The lowest BCUT2D eigenvalue weighted by Gasteiger charge is -2.34. The molecule has 0 atom stereocenters. The maximum atomic E-state index is 13.1. The van der Waals surface area contributed by atoms with E-state index < -0.39 is 0 Å². The third-order valence-electron chi connectivity index (χ3n) is 6.33. The number of carbonyl (C=O) groups is 1. The van der Waals surface area contributed by atoms with Crippen molar-refractivity contribution >= 4 is 40.1 Å². The Balaban J connectivity index is 1.63. The van der Waals surface area contributed by atoms with E-state index >= 15 is 0 Å². The number of nitrogens with zero attached hydrogens (tertiary/aromatic N) is 6. The van der Waals surface area contributed by atoms with E-state index in [0.717, 1.165) is 37.6 Å². The van der Waals surface area contributed by atoms with E-state index in [4.69, 9.17) is 5.41 Å². The Kier molecular flexibility index (Phi) is 8.06. The highest BCUT2D eigenvalue weighted by Crippen LogP contribution is 2.22. The molecule has 0 spiro atoms. The predicted molar refractivity (Wildman–Crippen MR) is 152 cm³/mol. The largest absolute Gasteiger partial charge is 0.369 e. The summed E-state index contributed by atoms with van der Waals surface area (Å²) in [4.78, 5) is 39.1. The maximum absolute atomic E-state index is 13.1. The average Bonchev–Trinajstić information content (AvgIpc) is 3.15. The van der Waals surface area contributed by atoms with Gasteiger partial charge in [-0.1, -0.05) is 6.08 Å². The van der Waals surface area contributed by atoms with E-state index in [2.05, 4.69) is 56.2 Å². The van der Waals surface area contributed by atoms with E-state index in [1.165, 1.54) is 21.6 Å². The van der Waals surface area contributed by atoms with Crippen LogP contribution in [-0.4, -0.2) is 75.2 Å². The number of likely N-dealkylation sites (N-methyl/N-ethyl adjacent to an activating group) is 1. The van der Waals surface area contributed by atoms with Crippen molar-refractivity contribution in [2.45, 2.75) is 33.4 Å². The van der Waals surface area contributed by atoms with Crippen LogP contribution in [0.4, 0.5) is 17.3 Å². The fourth-order valence-corrected chi connectivity index (χ4v) is 4.28. The van der Waals surface area contributed by atoms with E-state index in [9.17, 15) is 9.59 Å². The molecule has 3 N–H and O–H groups in total. The summed E-state index contributed by atoms with van der Waals surface area (Å²) in [7, 11) is 2.13. The molecule has 3 heterocycles.